The van der Waals surface area contributed by atoms with E-state index in [1.165, 1.54) is 6.20 Å². The summed E-state index contributed by atoms with van der Waals surface area (Å²) in [4.78, 5) is 20.0. The highest BCUT2D eigenvalue weighted by molar-refractivity contribution is 6.18. The zero-order chi connectivity index (χ0) is 19.2. The molecule has 0 aliphatic rings. The molecule has 0 fully saturated rings. The molecule has 2 heterocycles. The van der Waals surface area contributed by atoms with Gasteiger partial charge in [-0.05, 0) is 45.0 Å². The molecule has 3 N–H and O–H groups in total. The minimum absolute atomic E-state index is 0.0544. The van der Waals surface area contributed by atoms with Gasteiger partial charge < -0.3 is 20.6 Å². The second-order valence-corrected chi connectivity index (χ2v) is 6.80. The predicted molar refractivity (Wildman–Crippen MR) is 100 cm³/mol. The fourth-order valence-corrected chi connectivity index (χ4v) is 2.15. The first-order chi connectivity index (χ1) is 12.3. The maximum atomic E-state index is 11.4. The van der Waals surface area contributed by atoms with Crippen LogP contribution in [0.15, 0.2) is 42.2 Å². The first kappa shape index (κ1) is 19.5. The third-order valence-electron chi connectivity index (χ3n) is 3.50. The average Bonchev–Trinajstić information content (AvgIpc) is 2.58. The van der Waals surface area contributed by atoms with Crippen LogP contribution in [0.25, 0.3) is 11.0 Å². The number of pyridine rings is 2. The number of rotatable bonds is 8. The summed E-state index contributed by atoms with van der Waals surface area (Å²) in [7, 11) is 0. The first-order valence-corrected chi connectivity index (χ1v) is 8.35. The molecular formula is C19H24N4O3. The van der Waals surface area contributed by atoms with Gasteiger partial charge in [-0.3, -0.25) is 0 Å². The Hall–Kier alpha value is -2.80. The Kier molecular flexibility index (Phi) is 6.41. The zero-order valence-electron chi connectivity index (χ0n) is 15.2. The van der Waals surface area contributed by atoms with E-state index >= 15 is 0 Å². The van der Waals surface area contributed by atoms with Crippen LogP contribution in [-0.4, -0.2) is 45.5 Å². The molecule has 0 saturated carbocycles. The summed E-state index contributed by atoms with van der Waals surface area (Å²) in [5.74, 6) is -1.16. The smallest absolute Gasteiger partial charge is 0.339 e. The molecule has 0 aliphatic heterocycles. The van der Waals surface area contributed by atoms with E-state index in [9.17, 15) is 9.90 Å². The van der Waals surface area contributed by atoms with Gasteiger partial charge in [0.2, 0.25) is 0 Å². The minimum Gasteiger partial charge on any atom is -0.478 e. The third-order valence-corrected chi connectivity index (χ3v) is 3.50. The zero-order valence-corrected chi connectivity index (χ0v) is 15.2. The van der Waals surface area contributed by atoms with E-state index < -0.39 is 11.6 Å². The Morgan fingerprint density at radius 1 is 1.35 bits per heavy atom. The van der Waals surface area contributed by atoms with E-state index in [2.05, 4.69) is 15.3 Å². The molecule has 0 aromatic carbocycles. The molecule has 2 aromatic rings. The number of carboxylic acid groups (broad SMARTS) is 1. The van der Waals surface area contributed by atoms with Gasteiger partial charge in [0.25, 0.3) is 0 Å². The lowest BCUT2D eigenvalue weighted by Gasteiger charge is -2.19. The van der Waals surface area contributed by atoms with Crippen molar-refractivity contribution >= 4 is 22.7 Å². The average molecular weight is 356 g/mol. The SMILES string of the molecule is CC(C)(C)OCC(=N)/C(=C\NCCc1ccc2cccnc2n1)C(=O)O. The third kappa shape index (κ3) is 5.93. The van der Waals surface area contributed by atoms with E-state index in [0.29, 0.717) is 18.6 Å². The molecule has 2 aromatic heterocycles. The van der Waals surface area contributed by atoms with E-state index in [-0.39, 0.29) is 17.9 Å². The quantitative estimate of drug-likeness (QED) is 0.381. The highest BCUT2D eigenvalue weighted by atomic mass is 16.5. The van der Waals surface area contributed by atoms with Gasteiger partial charge in [-0.15, -0.1) is 0 Å². The molecule has 0 atom stereocenters. The summed E-state index contributed by atoms with van der Waals surface area (Å²) in [5.41, 5.74) is 0.933. The van der Waals surface area contributed by atoms with Crippen LogP contribution in [-0.2, 0) is 16.0 Å². The van der Waals surface area contributed by atoms with Gasteiger partial charge in [-0.1, -0.05) is 0 Å². The van der Waals surface area contributed by atoms with Crippen molar-refractivity contribution < 1.29 is 14.6 Å². The van der Waals surface area contributed by atoms with Gasteiger partial charge in [0.1, 0.15) is 0 Å². The Bertz CT molecular complexity index is 825. The van der Waals surface area contributed by atoms with Gasteiger partial charge >= 0.3 is 5.97 Å². The van der Waals surface area contributed by atoms with Crippen molar-refractivity contribution in [3.63, 3.8) is 0 Å². The van der Waals surface area contributed by atoms with Crippen LogP contribution in [0.3, 0.4) is 0 Å². The second kappa shape index (κ2) is 8.53. The van der Waals surface area contributed by atoms with Gasteiger partial charge in [-0.25, -0.2) is 14.8 Å². The summed E-state index contributed by atoms with van der Waals surface area (Å²) in [6.07, 6.45) is 3.65. The van der Waals surface area contributed by atoms with E-state index in [1.54, 1.807) is 6.20 Å². The highest BCUT2D eigenvalue weighted by Gasteiger charge is 2.17. The molecule has 7 heteroatoms. The molecule has 138 valence electrons. The maximum Gasteiger partial charge on any atom is 0.339 e. The number of carboxylic acids is 1. The molecule has 0 bridgehead atoms. The van der Waals surface area contributed by atoms with Crippen LogP contribution >= 0.6 is 0 Å². The number of aromatic nitrogens is 2. The summed E-state index contributed by atoms with van der Waals surface area (Å²) >= 11 is 0. The van der Waals surface area contributed by atoms with Crippen molar-refractivity contribution in [3.05, 3.63) is 47.9 Å². The van der Waals surface area contributed by atoms with E-state index in [1.807, 2.05) is 45.0 Å². The Labute approximate surface area is 152 Å². The number of nitrogens with one attached hydrogen (secondary N) is 2. The fraction of sp³-hybridized carbons (Fsp3) is 0.368. The van der Waals surface area contributed by atoms with E-state index in [4.69, 9.17) is 10.1 Å². The van der Waals surface area contributed by atoms with Gasteiger partial charge in [0.15, 0.2) is 5.65 Å². The molecule has 0 aliphatic carbocycles. The van der Waals surface area contributed by atoms with E-state index in [0.717, 1.165) is 11.1 Å². The van der Waals surface area contributed by atoms with Crippen LogP contribution in [0.5, 0.6) is 0 Å². The van der Waals surface area contributed by atoms with Gasteiger partial charge in [0, 0.05) is 36.4 Å². The summed E-state index contributed by atoms with van der Waals surface area (Å²) < 4.78 is 5.47. The number of nitrogens with zero attached hydrogens (tertiary/aromatic N) is 2. The molecule has 7 nitrogen and oxygen atoms in total. The minimum atomic E-state index is -1.16. The normalized spacial score (nSPS) is 12.2. The molecule has 0 spiro atoms. The number of fused-ring (bicyclic) bond motifs is 1. The largest absolute Gasteiger partial charge is 0.478 e. The first-order valence-electron chi connectivity index (χ1n) is 8.35. The second-order valence-electron chi connectivity index (χ2n) is 6.80. The van der Waals surface area contributed by atoms with Crippen LogP contribution in [0.1, 0.15) is 26.5 Å². The van der Waals surface area contributed by atoms with Crippen molar-refractivity contribution in [1.29, 1.82) is 5.41 Å². The van der Waals surface area contributed by atoms with Crippen molar-refractivity contribution in [2.45, 2.75) is 32.8 Å². The highest BCUT2D eigenvalue weighted by Crippen LogP contribution is 2.10. The standard InChI is InChI=1S/C19H24N4O3/c1-19(2,3)26-12-16(20)15(18(24)25)11-21-10-8-14-7-6-13-5-4-9-22-17(13)23-14/h4-7,9,11,20-21H,8,10,12H2,1-3H3,(H,24,25)/b15-11+,20-16?. The Balaban J connectivity index is 1.92. The molecule has 2 rings (SSSR count). The lowest BCUT2D eigenvalue weighted by atomic mass is 10.1. The van der Waals surface area contributed by atoms with Gasteiger partial charge in [0.05, 0.1) is 23.5 Å². The van der Waals surface area contributed by atoms with Crippen LogP contribution in [0, 0.1) is 5.41 Å². The van der Waals surface area contributed by atoms with Crippen molar-refractivity contribution in [1.82, 2.24) is 15.3 Å². The van der Waals surface area contributed by atoms with Crippen LogP contribution in [0.2, 0.25) is 0 Å². The summed E-state index contributed by atoms with van der Waals surface area (Å²) in [6, 6.07) is 7.70. The molecule has 0 amide bonds. The van der Waals surface area contributed by atoms with Crippen molar-refractivity contribution in [3.8, 4) is 0 Å². The van der Waals surface area contributed by atoms with Crippen LogP contribution < -0.4 is 5.32 Å². The fourth-order valence-electron chi connectivity index (χ4n) is 2.15. The van der Waals surface area contributed by atoms with Crippen molar-refractivity contribution in [2.75, 3.05) is 13.2 Å². The number of carbonyl (C=O) groups is 1. The van der Waals surface area contributed by atoms with Crippen LogP contribution in [0.4, 0.5) is 0 Å². The number of hydrogen-bond acceptors (Lipinski definition) is 6. The summed E-state index contributed by atoms with van der Waals surface area (Å²) in [5, 5.41) is 21.1. The lowest BCUT2D eigenvalue weighted by molar-refractivity contribution is -0.132. The summed E-state index contributed by atoms with van der Waals surface area (Å²) in [6.45, 7) is 6.01. The molecule has 0 unspecified atom stereocenters. The van der Waals surface area contributed by atoms with Gasteiger partial charge in [-0.2, -0.15) is 0 Å². The molecular weight excluding hydrogens is 332 g/mol. The molecule has 0 saturated heterocycles. The maximum absolute atomic E-state index is 11.4. The lowest BCUT2D eigenvalue weighted by Crippen LogP contribution is -2.27. The van der Waals surface area contributed by atoms with Crippen molar-refractivity contribution in [2.24, 2.45) is 0 Å². The Morgan fingerprint density at radius 2 is 2.12 bits per heavy atom. The molecule has 26 heavy (non-hydrogen) atoms. The molecule has 0 radical (unpaired) electrons. The Morgan fingerprint density at radius 3 is 2.81 bits per heavy atom. The predicted octanol–water partition coefficient (Wildman–Crippen LogP) is 2.57. The number of aliphatic carboxylic acids is 1. The topological polar surface area (TPSA) is 108 Å². The number of ether oxygens (including phenoxy) is 1. The monoisotopic (exact) mass is 356 g/mol. The number of hydrogen-bond donors (Lipinski definition) is 3.